The van der Waals surface area contributed by atoms with Gasteiger partial charge in [0.1, 0.15) is 0 Å². The predicted molar refractivity (Wildman–Crippen MR) is 96.3 cm³/mol. The smallest absolute Gasteiger partial charge is 0.337 e. The van der Waals surface area contributed by atoms with Crippen LogP contribution in [0.5, 0.6) is 0 Å². The van der Waals surface area contributed by atoms with E-state index in [9.17, 15) is 18.3 Å². The van der Waals surface area contributed by atoms with Crippen LogP contribution in [0.25, 0.3) is 0 Å². The number of nitrogens with one attached hydrogen (secondary N) is 1. The topological polar surface area (TPSA) is 92.7 Å². The van der Waals surface area contributed by atoms with E-state index in [0.717, 1.165) is 5.56 Å². The number of carbonyl (C=O) groups excluding carboxylic acids is 1. The summed E-state index contributed by atoms with van der Waals surface area (Å²) in [5.41, 5.74) is 1.41. The molecule has 6 nitrogen and oxygen atoms in total. The van der Waals surface area contributed by atoms with Crippen molar-refractivity contribution in [2.75, 3.05) is 20.3 Å². The highest BCUT2D eigenvalue weighted by molar-refractivity contribution is 7.89. The highest BCUT2D eigenvalue weighted by Gasteiger charge is 2.17. The summed E-state index contributed by atoms with van der Waals surface area (Å²) in [7, 11) is -2.38. The van der Waals surface area contributed by atoms with Gasteiger partial charge in [0.25, 0.3) is 0 Å². The minimum atomic E-state index is -3.65. The molecule has 0 bridgehead atoms. The van der Waals surface area contributed by atoms with Gasteiger partial charge in [0.2, 0.25) is 10.0 Å². The van der Waals surface area contributed by atoms with E-state index in [4.69, 9.17) is 0 Å². The van der Waals surface area contributed by atoms with Gasteiger partial charge in [-0.15, -0.1) is 0 Å². The second-order valence-corrected chi connectivity index (χ2v) is 8.02. The summed E-state index contributed by atoms with van der Waals surface area (Å²) < 4.78 is 31.8. The van der Waals surface area contributed by atoms with E-state index in [1.165, 1.54) is 31.4 Å². The number of ether oxygens (including phenoxy) is 1. The predicted octanol–water partition coefficient (Wildman–Crippen LogP) is 2.37. The zero-order chi connectivity index (χ0) is 18.3. The Balaban J connectivity index is 1.97. The van der Waals surface area contributed by atoms with Crippen molar-refractivity contribution in [3.63, 3.8) is 0 Å². The van der Waals surface area contributed by atoms with Crippen LogP contribution in [-0.2, 0) is 14.8 Å². The molecule has 1 aromatic heterocycles. The zero-order valence-electron chi connectivity index (χ0n) is 13.8. The van der Waals surface area contributed by atoms with Gasteiger partial charge in [-0.2, -0.15) is 11.3 Å². The van der Waals surface area contributed by atoms with Gasteiger partial charge in [-0.05, 0) is 65.4 Å². The van der Waals surface area contributed by atoms with Crippen molar-refractivity contribution < 1.29 is 23.1 Å². The van der Waals surface area contributed by atoms with E-state index in [2.05, 4.69) is 9.46 Å². The lowest BCUT2D eigenvalue weighted by molar-refractivity contribution is 0.0600. The van der Waals surface area contributed by atoms with Crippen molar-refractivity contribution in [1.29, 1.82) is 0 Å². The summed E-state index contributed by atoms with van der Waals surface area (Å²) in [6.45, 7) is 0.323. The molecule has 2 aromatic rings. The number of thiophene rings is 1. The van der Waals surface area contributed by atoms with Gasteiger partial charge in [0.15, 0.2) is 0 Å². The molecule has 0 radical (unpaired) electrons. The first-order chi connectivity index (χ1) is 12.0. The zero-order valence-corrected chi connectivity index (χ0v) is 15.5. The molecule has 0 saturated heterocycles. The van der Waals surface area contributed by atoms with Crippen LogP contribution in [0.2, 0.25) is 0 Å². The van der Waals surface area contributed by atoms with Gasteiger partial charge in [-0.1, -0.05) is 0 Å². The number of benzene rings is 1. The minimum Gasteiger partial charge on any atom is -0.465 e. The molecule has 0 aliphatic carbocycles. The van der Waals surface area contributed by atoms with Crippen LogP contribution < -0.4 is 4.72 Å². The quantitative estimate of drug-likeness (QED) is 0.649. The van der Waals surface area contributed by atoms with Gasteiger partial charge in [0, 0.05) is 13.2 Å². The van der Waals surface area contributed by atoms with Crippen molar-refractivity contribution in [2.45, 2.75) is 23.7 Å². The van der Waals surface area contributed by atoms with Crippen molar-refractivity contribution in [2.24, 2.45) is 0 Å². The number of rotatable bonds is 9. The number of hydrogen-bond acceptors (Lipinski definition) is 6. The third-order valence-corrected chi connectivity index (χ3v) is 6.04. The number of aliphatic hydroxyl groups excluding tert-OH is 1. The number of methoxy groups -OCH3 is 1. The van der Waals surface area contributed by atoms with E-state index < -0.39 is 16.0 Å². The normalized spacial score (nSPS) is 12.7. The van der Waals surface area contributed by atoms with Crippen molar-refractivity contribution in [3.05, 3.63) is 52.2 Å². The average Bonchev–Trinajstić information content (AvgIpc) is 3.15. The van der Waals surface area contributed by atoms with Crippen molar-refractivity contribution >= 4 is 27.3 Å². The maximum Gasteiger partial charge on any atom is 0.337 e. The van der Waals surface area contributed by atoms with Crippen LogP contribution in [0.4, 0.5) is 0 Å². The lowest BCUT2D eigenvalue weighted by Crippen LogP contribution is -2.26. The Labute approximate surface area is 151 Å². The van der Waals surface area contributed by atoms with E-state index in [1.807, 2.05) is 16.8 Å². The first-order valence-electron chi connectivity index (χ1n) is 7.79. The first-order valence-corrected chi connectivity index (χ1v) is 10.2. The third kappa shape index (κ3) is 5.37. The Bertz CT molecular complexity index is 770. The largest absolute Gasteiger partial charge is 0.465 e. The average molecular weight is 383 g/mol. The standard InChI is InChI=1S/C17H21NO5S2/c1-23-17(20)14-2-4-16(5-3-14)25(21,22)18-9-6-13(7-10-19)15-8-11-24-12-15/h2-5,8,11-13,18-19H,6-7,9-10H2,1H3. The molecular weight excluding hydrogens is 362 g/mol. The van der Waals surface area contributed by atoms with Crippen molar-refractivity contribution in [3.8, 4) is 0 Å². The summed E-state index contributed by atoms with van der Waals surface area (Å²) in [6.07, 6.45) is 1.18. The molecule has 25 heavy (non-hydrogen) atoms. The fraction of sp³-hybridized carbons (Fsp3) is 0.353. The highest BCUT2D eigenvalue weighted by Crippen LogP contribution is 2.25. The number of sulfonamides is 1. The molecule has 0 amide bonds. The molecule has 1 atom stereocenters. The van der Waals surface area contributed by atoms with Crippen LogP contribution in [0.3, 0.4) is 0 Å². The van der Waals surface area contributed by atoms with Crippen LogP contribution in [0, 0.1) is 0 Å². The van der Waals surface area contributed by atoms with Gasteiger partial charge >= 0.3 is 5.97 Å². The first kappa shape index (κ1) is 19.6. The number of aliphatic hydroxyl groups is 1. The molecular formula is C17H21NO5S2. The van der Waals surface area contributed by atoms with Gasteiger partial charge in [-0.3, -0.25) is 0 Å². The summed E-state index contributed by atoms with van der Waals surface area (Å²) in [6, 6.07) is 7.57. The minimum absolute atomic E-state index is 0.0578. The Kier molecular flexibility index (Phi) is 7.12. The molecule has 1 heterocycles. The van der Waals surface area contributed by atoms with Gasteiger partial charge in [0.05, 0.1) is 17.6 Å². The lowest BCUT2D eigenvalue weighted by atomic mass is 9.95. The van der Waals surface area contributed by atoms with E-state index in [1.54, 1.807) is 11.3 Å². The molecule has 136 valence electrons. The van der Waals surface area contributed by atoms with Crippen LogP contribution in [-0.4, -0.2) is 39.8 Å². The maximum atomic E-state index is 12.3. The van der Waals surface area contributed by atoms with E-state index in [0.29, 0.717) is 18.4 Å². The molecule has 0 aliphatic rings. The summed E-state index contributed by atoms with van der Waals surface area (Å²) in [5, 5.41) is 13.2. The third-order valence-electron chi connectivity index (χ3n) is 3.86. The fourth-order valence-corrected chi connectivity index (χ4v) is 4.27. The summed E-state index contributed by atoms with van der Waals surface area (Å²) in [4.78, 5) is 11.5. The molecule has 0 spiro atoms. The van der Waals surface area contributed by atoms with Crippen molar-refractivity contribution in [1.82, 2.24) is 4.72 Å². The summed E-state index contributed by atoms with van der Waals surface area (Å²) >= 11 is 1.58. The van der Waals surface area contributed by atoms with E-state index >= 15 is 0 Å². The van der Waals surface area contributed by atoms with Gasteiger partial charge < -0.3 is 9.84 Å². The molecule has 0 fully saturated rings. The Morgan fingerprint density at radius 1 is 1.24 bits per heavy atom. The highest BCUT2D eigenvalue weighted by atomic mass is 32.2. The lowest BCUT2D eigenvalue weighted by Gasteiger charge is -2.15. The van der Waals surface area contributed by atoms with Crippen LogP contribution in [0.15, 0.2) is 46.0 Å². The second-order valence-electron chi connectivity index (χ2n) is 5.47. The molecule has 1 aromatic carbocycles. The Hall–Kier alpha value is -1.74. The molecule has 2 N–H and O–H groups in total. The number of esters is 1. The summed E-state index contributed by atoms with van der Waals surface area (Å²) in [5.74, 6) is -0.403. The monoisotopic (exact) mass is 383 g/mol. The molecule has 1 unspecified atom stereocenters. The Morgan fingerprint density at radius 3 is 2.52 bits per heavy atom. The second kappa shape index (κ2) is 9.10. The SMILES string of the molecule is COC(=O)c1ccc(S(=O)(=O)NCCC(CCO)c2ccsc2)cc1. The van der Waals surface area contributed by atoms with Crippen LogP contribution >= 0.6 is 11.3 Å². The van der Waals surface area contributed by atoms with Gasteiger partial charge in [-0.25, -0.2) is 17.9 Å². The molecule has 0 aliphatic heterocycles. The fourth-order valence-electron chi connectivity index (χ4n) is 2.48. The molecule has 2 rings (SSSR count). The van der Waals surface area contributed by atoms with Crippen LogP contribution in [0.1, 0.15) is 34.7 Å². The molecule has 8 heteroatoms. The number of carbonyl (C=O) groups is 1. The van der Waals surface area contributed by atoms with E-state index in [-0.39, 0.29) is 24.0 Å². The maximum absolute atomic E-state index is 12.3. The number of hydrogen-bond donors (Lipinski definition) is 2. The molecule has 0 saturated carbocycles. The Morgan fingerprint density at radius 2 is 1.96 bits per heavy atom.